The van der Waals surface area contributed by atoms with Gasteiger partial charge in [-0.05, 0) is 6.42 Å². The molecule has 1 aliphatic rings. The van der Waals surface area contributed by atoms with Gasteiger partial charge >= 0.3 is 0 Å². The first-order valence-corrected chi connectivity index (χ1v) is 3.85. The maximum Gasteiger partial charge on any atom is 0.268 e. The van der Waals surface area contributed by atoms with Crippen molar-refractivity contribution in [1.29, 1.82) is 0 Å². The van der Waals surface area contributed by atoms with Crippen molar-refractivity contribution in [3.8, 4) is 0 Å². The highest BCUT2D eigenvalue weighted by Gasteiger charge is 2.23. The van der Waals surface area contributed by atoms with Crippen LogP contribution in [0.5, 0.6) is 0 Å². The standard InChI is InChI=1S/C7H11N3O/c1-2-5-6-4(3-8-5)7(11)10-9-6/h5,8H,2-3H2,1H3,(H2,9,10,11). The summed E-state index contributed by atoms with van der Waals surface area (Å²) in [5.74, 6) is 0. The van der Waals surface area contributed by atoms with Gasteiger partial charge in [0.05, 0.1) is 11.3 Å². The number of hydrogen-bond acceptors (Lipinski definition) is 2. The lowest BCUT2D eigenvalue weighted by Crippen LogP contribution is -2.14. The lowest BCUT2D eigenvalue weighted by Gasteiger charge is -2.04. The summed E-state index contributed by atoms with van der Waals surface area (Å²) in [7, 11) is 0. The van der Waals surface area contributed by atoms with Gasteiger partial charge in [-0.2, -0.15) is 0 Å². The van der Waals surface area contributed by atoms with Crippen molar-refractivity contribution in [2.45, 2.75) is 25.9 Å². The van der Waals surface area contributed by atoms with E-state index in [4.69, 9.17) is 0 Å². The molecule has 4 nitrogen and oxygen atoms in total. The fourth-order valence-corrected chi connectivity index (χ4v) is 1.55. The summed E-state index contributed by atoms with van der Waals surface area (Å²) in [6.07, 6.45) is 1.01. The molecule has 0 amide bonds. The topological polar surface area (TPSA) is 60.7 Å². The Bertz CT molecular complexity index is 312. The SMILES string of the molecule is CCC1NCc2c1[nH][nH]c2=O. The van der Waals surface area contributed by atoms with Crippen LogP contribution in [0.1, 0.15) is 30.6 Å². The number of hydrogen-bond donors (Lipinski definition) is 3. The minimum Gasteiger partial charge on any atom is -0.304 e. The van der Waals surface area contributed by atoms with Crippen molar-refractivity contribution in [2.24, 2.45) is 0 Å². The molecule has 0 fully saturated rings. The molecule has 1 unspecified atom stereocenters. The summed E-state index contributed by atoms with van der Waals surface area (Å²) < 4.78 is 0. The quantitative estimate of drug-likeness (QED) is 0.542. The Morgan fingerprint density at radius 1 is 1.55 bits per heavy atom. The Morgan fingerprint density at radius 3 is 3.09 bits per heavy atom. The van der Waals surface area contributed by atoms with E-state index >= 15 is 0 Å². The number of fused-ring (bicyclic) bond motifs is 1. The van der Waals surface area contributed by atoms with Crippen molar-refractivity contribution in [2.75, 3.05) is 0 Å². The number of aromatic nitrogens is 2. The molecule has 1 aromatic heterocycles. The summed E-state index contributed by atoms with van der Waals surface area (Å²) in [5, 5.41) is 8.71. The van der Waals surface area contributed by atoms with Crippen molar-refractivity contribution in [1.82, 2.24) is 15.5 Å². The molecule has 4 heteroatoms. The van der Waals surface area contributed by atoms with E-state index in [0.717, 1.165) is 17.7 Å². The van der Waals surface area contributed by atoms with Gasteiger partial charge < -0.3 is 10.4 Å². The molecule has 2 rings (SSSR count). The largest absolute Gasteiger partial charge is 0.304 e. The number of H-pyrrole nitrogens is 2. The van der Waals surface area contributed by atoms with Crippen LogP contribution in [0.4, 0.5) is 0 Å². The van der Waals surface area contributed by atoms with Gasteiger partial charge in [-0.25, -0.2) is 0 Å². The minimum atomic E-state index is 0.0171. The molecular weight excluding hydrogens is 142 g/mol. The summed E-state index contributed by atoms with van der Waals surface area (Å²) in [6, 6.07) is 0.337. The van der Waals surface area contributed by atoms with Crippen LogP contribution < -0.4 is 10.9 Å². The second kappa shape index (κ2) is 2.23. The monoisotopic (exact) mass is 153 g/mol. The second-order valence-electron chi connectivity index (χ2n) is 2.81. The Hall–Kier alpha value is -1.03. The average Bonchev–Trinajstić information content (AvgIpc) is 2.53. The lowest BCUT2D eigenvalue weighted by atomic mass is 10.1. The van der Waals surface area contributed by atoms with E-state index in [-0.39, 0.29) is 5.56 Å². The molecule has 1 atom stereocenters. The number of rotatable bonds is 1. The predicted octanol–water partition coefficient (Wildman–Crippen LogP) is 0.257. The van der Waals surface area contributed by atoms with Crippen LogP contribution in [0.3, 0.4) is 0 Å². The van der Waals surface area contributed by atoms with E-state index in [0.29, 0.717) is 12.6 Å². The highest BCUT2D eigenvalue weighted by molar-refractivity contribution is 5.24. The van der Waals surface area contributed by atoms with Crippen LogP contribution in [0.15, 0.2) is 4.79 Å². The summed E-state index contributed by atoms with van der Waals surface area (Å²) in [6.45, 7) is 2.80. The molecule has 0 saturated heterocycles. The Labute approximate surface area is 64.0 Å². The maximum absolute atomic E-state index is 11.0. The fourth-order valence-electron chi connectivity index (χ4n) is 1.55. The van der Waals surface area contributed by atoms with Crippen LogP contribution >= 0.6 is 0 Å². The van der Waals surface area contributed by atoms with E-state index < -0.39 is 0 Å². The first-order chi connectivity index (χ1) is 5.33. The van der Waals surface area contributed by atoms with Crippen molar-refractivity contribution in [3.05, 3.63) is 21.6 Å². The van der Waals surface area contributed by atoms with Gasteiger partial charge in [0.1, 0.15) is 0 Å². The number of aromatic amines is 2. The van der Waals surface area contributed by atoms with Crippen molar-refractivity contribution >= 4 is 0 Å². The van der Waals surface area contributed by atoms with Crippen molar-refractivity contribution in [3.63, 3.8) is 0 Å². The van der Waals surface area contributed by atoms with Gasteiger partial charge in [0.2, 0.25) is 0 Å². The zero-order valence-corrected chi connectivity index (χ0v) is 6.40. The Kier molecular flexibility index (Phi) is 1.35. The molecule has 1 aliphatic heterocycles. The fraction of sp³-hybridized carbons (Fsp3) is 0.571. The highest BCUT2D eigenvalue weighted by atomic mass is 16.1. The Morgan fingerprint density at radius 2 is 2.36 bits per heavy atom. The molecular formula is C7H11N3O. The normalized spacial score (nSPS) is 22.1. The van der Waals surface area contributed by atoms with Gasteiger partial charge in [0, 0.05) is 12.6 Å². The predicted molar refractivity (Wildman–Crippen MR) is 41.3 cm³/mol. The Balaban J connectivity index is 2.48. The summed E-state index contributed by atoms with van der Waals surface area (Å²) in [4.78, 5) is 11.0. The molecule has 0 saturated carbocycles. The van der Waals surface area contributed by atoms with E-state index in [9.17, 15) is 4.79 Å². The zero-order chi connectivity index (χ0) is 7.84. The molecule has 0 radical (unpaired) electrons. The van der Waals surface area contributed by atoms with Crippen molar-refractivity contribution < 1.29 is 0 Å². The molecule has 3 N–H and O–H groups in total. The van der Waals surface area contributed by atoms with E-state index in [2.05, 4.69) is 22.4 Å². The van der Waals surface area contributed by atoms with E-state index in [1.807, 2.05) is 0 Å². The summed E-state index contributed by atoms with van der Waals surface area (Å²) in [5.41, 5.74) is 1.93. The molecule has 0 spiro atoms. The molecule has 0 aromatic carbocycles. The smallest absolute Gasteiger partial charge is 0.268 e. The molecule has 0 aliphatic carbocycles. The van der Waals surface area contributed by atoms with Gasteiger partial charge in [-0.3, -0.25) is 9.89 Å². The van der Waals surface area contributed by atoms with Gasteiger partial charge in [-0.15, -0.1) is 0 Å². The average molecular weight is 153 g/mol. The summed E-state index contributed by atoms with van der Waals surface area (Å²) >= 11 is 0. The first-order valence-electron chi connectivity index (χ1n) is 3.85. The first kappa shape index (κ1) is 6.67. The molecule has 1 aromatic rings. The van der Waals surface area contributed by atoms with Crippen LogP contribution in [0.2, 0.25) is 0 Å². The maximum atomic E-state index is 11.0. The second-order valence-corrected chi connectivity index (χ2v) is 2.81. The van der Waals surface area contributed by atoms with Gasteiger partial charge in [0.25, 0.3) is 5.56 Å². The third kappa shape index (κ3) is 0.826. The third-order valence-corrected chi connectivity index (χ3v) is 2.19. The van der Waals surface area contributed by atoms with E-state index in [1.165, 1.54) is 0 Å². The molecule has 0 bridgehead atoms. The van der Waals surface area contributed by atoms with Gasteiger partial charge in [0.15, 0.2) is 0 Å². The molecule has 60 valence electrons. The van der Waals surface area contributed by atoms with Crippen LogP contribution in [-0.2, 0) is 6.54 Å². The van der Waals surface area contributed by atoms with Crippen LogP contribution in [0, 0.1) is 0 Å². The van der Waals surface area contributed by atoms with Crippen LogP contribution in [0.25, 0.3) is 0 Å². The minimum absolute atomic E-state index is 0.0171. The highest BCUT2D eigenvalue weighted by Crippen LogP contribution is 2.21. The van der Waals surface area contributed by atoms with Crippen LogP contribution in [-0.4, -0.2) is 10.2 Å². The molecule has 2 heterocycles. The lowest BCUT2D eigenvalue weighted by molar-refractivity contribution is 0.550. The van der Waals surface area contributed by atoms with Gasteiger partial charge in [-0.1, -0.05) is 6.92 Å². The van der Waals surface area contributed by atoms with E-state index in [1.54, 1.807) is 0 Å². The zero-order valence-electron chi connectivity index (χ0n) is 6.40. The number of nitrogens with one attached hydrogen (secondary N) is 3. The molecule has 11 heavy (non-hydrogen) atoms. The third-order valence-electron chi connectivity index (χ3n) is 2.19.